The van der Waals surface area contributed by atoms with E-state index in [-0.39, 0.29) is 23.7 Å². The van der Waals surface area contributed by atoms with Gasteiger partial charge in [-0.25, -0.2) is 9.97 Å². The minimum atomic E-state index is -0.139. The topological polar surface area (TPSA) is 52.1 Å². The minimum Gasteiger partial charge on any atom is -0.469 e. The van der Waals surface area contributed by atoms with Gasteiger partial charge in [0.25, 0.3) is 0 Å². The lowest BCUT2D eigenvalue weighted by atomic mass is 10.0. The van der Waals surface area contributed by atoms with E-state index in [2.05, 4.69) is 46.4 Å². The number of hydrogen-bond acceptors (Lipinski definition) is 4. The average Bonchev–Trinajstić information content (AvgIpc) is 3.44. The van der Waals surface area contributed by atoms with Gasteiger partial charge >= 0.3 is 5.97 Å². The predicted octanol–water partition coefficient (Wildman–Crippen LogP) is 3.81. The Balaban J connectivity index is 1.63. The minimum absolute atomic E-state index is 0.113. The molecule has 25 heavy (non-hydrogen) atoms. The summed E-state index contributed by atoms with van der Waals surface area (Å²) in [6.45, 7) is 0. The molecule has 4 rings (SSSR count). The number of esters is 1. The lowest BCUT2D eigenvalue weighted by molar-refractivity contribution is -0.142. The molecule has 124 valence electrons. The van der Waals surface area contributed by atoms with Crippen molar-refractivity contribution in [3.8, 4) is 11.1 Å². The third-order valence-corrected chi connectivity index (χ3v) is 4.87. The van der Waals surface area contributed by atoms with Gasteiger partial charge in [-0.1, -0.05) is 54.6 Å². The van der Waals surface area contributed by atoms with Crippen molar-refractivity contribution in [2.24, 2.45) is 5.92 Å². The molecule has 0 N–H and O–H groups in total. The fourth-order valence-electron chi connectivity index (χ4n) is 3.59. The lowest BCUT2D eigenvalue weighted by Gasteiger charge is -2.04. The van der Waals surface area contributed by atoms with E-state index in [0.717, 1.165) is 16.7 Å². The largest absolute Gasteiger partial charge is 0.469 e. The van der Waals surface area contributed by atoms with Gasteiger partial charge in [-0.2, -0.15) is 0 Å². The van der Waals surface area contributed by atoms with Crippen LogP contribution in [0.25, 0.3) is 11.1 Å². The van der Waals surface area contributed by atoms with Crippen LogP contribution in [0.3, 0.4) is 0 Å². The van der Waals surface area contributed by atoms with Gasteiger partial charge in [0.05, 0.1) is 13.0 Å². The molecule has 0 spiro atoms. The molecule has 3 atom stereocenters. The Morgan fingerprint density at radius 3 is 2.04 bits per heavy atom. The molecule has 0 amide bonds. The number of ether oxygens (including phenoxy) is 1. The number of nitrogens with zero attached hydrogens (tertiary/aromatic N) is 2. The van der Waals surface area contributed by atoms with Crippen molar-refractivity contribution in [2.75, 3.05) is 7.11 Å². The fourth-order valence-corrected chi connectivity index (χ4v) is 3.59. The summed E-state index contributed by atoms with van der Waals surface area (Å²) >= 11 is 0. The van der Waals surface area contributed by atoms with Gasteiger partial charge in [0.2, 0.25) is 0 Å². The van der Waals surface area contributed by atoms with Crippen molar-refractivity contribution >= 4 is 5.97 Å². The molecule has 3 aromatic rings. The Morgan fingerprint density at radius 2 is 1.44 bits per heavy atom. The van der Waals surface area contributed by atoms with E-state index in [9.17, 15) is 4.79 Å². The third-order valence-electron chi connectivity index (χ3n) is 4.87. The molecule has 1 fully saturated rings. The maximum absolute atomic E-state index is 12.2. The maximum Gasteiger partial charge on any atom is 0.309 e. The molecule has 0 aliphatic heterocycles. The van der Waals surface area contributed by atoms with Gasteiger partial charge in [0.15, 0.2) is 0 Å². The van der Waals surface area contributed by atoms with Crippen molar-refractivity contribution in [1.29, 1.82) is 0 Å². The van der Waals surface area contributed by atoms with Gasteiger partial charge in [-0.15, -0.1) is 0 Å². The first-order chi connectivity index (χ1) is 12.3. The number of carbonyl (C=O) groups excluding carboxylic acids is 1. The summed E-state index contributed by atoms with van der Waals surface area (Å²) in [5.41, 5.74) is 4.39. The summed E-state index contributed by atoms with van der Waals surface area (Å²) in [6, 6.07) is 18.5. The van der Waals surface area contributed by atoms with Crippen LogP contribution in [-0.2, 0) is 9.53 Å². The zero-order valence-electron chi connectivity index (χ0n) is 13.9. The molecular weight excluding hydrogens is 312 g/mol. The number of rotatable bonds is 4. The van der Waals surface area contributed by atoms with Gasteiger partial charge in [0, 0.05) is 29.8 Å². The molecule has 0 bridgehead atoms. The predicted molar refractivity (Wildman–Crippen MR) is 94.9 cm³/mol. The first-order valence-corrected chi connectivity index (χ1v) is 8.27. The first-order valence-electron chi connectivity index (χ1n) is 8.27. The number of methoxy groups -OCH3 is 1. The average molecular weight is 330 g/mol. The first kappa shape index (κ1) is 15.5. The van der Waals surface area contributed by atoms with E-state index < -0.39 is 0 Å². The highest BCUT2D eigenvalue weighted by Gasteiger charge is 2.56. The Hall–Kier alpha value is -3.01. The Morgan fingerprint density at radius 1 is 0.840 bits per heavy atom. The standard InChI is InChI=1S/C21H18N2O2/c1-25-21(24)20-18(15-5-3-2-4-6-15)19(20)16-9-7-14(8-10-16)17-11-22-13-23-12-17/h2-13,18-20H,1H3. The maximum atomic E-state index is 12.2. The highest BCUT2D eigenvalue weighted by molar-refractivity contribution is 5.80. The van der Waals surface area contributed by atoms with E-state index >= 15 is 0 Å². The molecule has 4 heteroatoms. The van der Waals surface area contributed by atoms with Gasteiger partial charge in [0.1, 0.15) is 6.33 Å². The van der Waals surface area contributed by atoms with Crippen LogP contribution in [0.15, 0.2) is 73.3 Å². The van der Waals surface area contributed by atoms with Crippen LogP contribution < -0.4 is 0 Å². The molecule has 0 radical (unpaired) electrons. The van der Waals surface area contributed by atoms with Crippen molar-refractivity contribution in [1.82, 2.24) is 9.97 Å². The molecule has 1 saturated carbocycles. The molecule has 1 aromatic heterocycles. The Bertz CT molecular complexity index is 863. The molecule has 3 unspecified atom stereocenters. The molecule has 0 saturated heterocycles. The summed E-state index contributed by atoms with van der Waals surface area (Å²) in [4.78, 5) is 20.3. The van der Waals surface area contributed by atoms with Crippen molar-refractivity contribution in [2.45, 2.75) is 11.8 Å². The van der Waals surface area contributed by atoms with Gasteiger partial charge < -0.3 is 4.74 Å². The summed E-state index contributed by atoms with van der Waals surface area (Å²) in [6.07, 6.45) is 5.11. The molecule has 2 aromatic carbocycles. The second-order valence-electron chi connectivity index (χ2n) is 6.26. The molecule has 1 heterocycles. The SMILES string of the molecule is COC(=O)C1C(c2ccccc2)C1c1ccc(-c2cncnc2)cc1. The normalized spacial score (nSPS) is 21.6. The van der Waals surface area contributed by atoms with E-state index in [0.29, 0.717) is 0 Å². The molecule has 1 aliphatic rings. The van der Waals surface area contributed by atoms with Crippen molar-refractivity contribution in [3.05, 3.63) is 84.4 Å². The van der Waals surface area contributed by atoms with Crippen LogP contribution in [0, 0.1) is 5.92 Å². The third kappa shape index (κ3) is 2.91. The summed E-state index contributed by atoms with van der Waals surface area (Å²) < 4.78 is 5.02. The van der Waals surface area contributed by atoms with Gasteiger partial charge in [-0.05, 0) is 16.7 Å². The van der Waals surface area contributed by atoms with Crippen molar-refractivity contribution < 1.29 is 9.53 Å². The van der Waals surface area contributed by atoms with E-state index in [4.69, 9.17) is 4.74 Å². The Kier molecular flexibility index (Phi) is 4.02. The number of carbonyl (C=O) groups is 1. The highest BCUT2D eigenvalue weighted by Crippen LogP contribution is 2.60. The summed E-state index contributed by atoms with van der Waals surface area (Å²) in [7, 11) is 1.46. The molecule has 1 aliphatic carbocycles. The molecular formula is C21H18N2O2. The highest BCUT2D eigenvalue weighted by atomic mass is 16.5. The smallest absolute Gasteiger partial charge is 0.309 e. The zero-order chi connectivity index (χ0) is 17.2. The second-order valence-corrected chi connectivity index (χ2v) is 6.26. The quantitative estimate of drug-likeness (QED) is 0.683. The van der Waals surface area contributed by atoms with Gasteiger partial charge in [-0.3, -0.25) is 4.79 Å². The number of hydrogen-bond donors (Lipinski definition) is 0. The van der Waals surface area contributed by atoms with E-state index in [1.807, 2.05) is 18.2 Å². The van der Waals surface area contributed by atoms with Crippen molar-refractivity contribution in [3.63, 3.8) is 0 Å². The van der Waals surface area contributed by atoms with Crippen LogP contribution in [0.5, 0.6) is 0 Å². The van der Waals surface area contributed by atoms with E-state index in [1.54, 1.807) is 12.4 Å². The number of aromatic nitrogens is 2. The fraction of sp³-hybridized carbons (Fsp3) is 0.190. The zero-order valence-corrected chi connectivity index (χ0v) is 13.9. The lowest BCUT2D eigenvalue weighted by Crippen LogP contribution is -2.05. The monoisotopic (exact) mass is 330 g/mol. The van der Waals surface area contributed by atoms with Crippen LogP contribution in [-0.4, -0.2) is 23.0 Å². The summed E-state index contributed by atoms with van der Waals surface area (Å²) in [5, 5.41) is 0. The molecule has 4 nitrogen and oxygen atoms in total. The number of benzene rings is 2. The second kappa shape index (κ2) is 6.48. The van der Waals surface area contributed by atoms with Crippen LogP contribution in [0.4, 0.5) is 0 Å². The van der Waals surface area contributed by atoms with E-state index in [1.165, 1.54) is 19.0 Å². The Labute approximate surface area is 146 Å². The van der Waals surface area contributed by atoms with Crippen LogP contribution in [0.1, 0.15) is 23.0 Å². The summed E-state index contributed by atoms with van der Waals surface area (Å²) in [5.74, 6) is 0.0909. The van der Waals surface area contributed by atoms with Crippen LogP contribution >= 0.6 is 0 Å². The van der Waals surface area contributed by atoms with Crippen LogP contribution in [0.2, 0.25) is 0 Å².